The van der Waals surface area contributed by atoms with Gasteiger partial charge in [0.05, 0.1) is 23.1 Å². The third-order valence-electron chi connectivity index (χ3n) is 3.67. The van der Waals surface area contributed by atoms with Gasteiger partial charge >= 0.3 is 0 Å². The van der Waals surface area contributed by atoms with E-state index in [-0.39, 0.29) is 5.91 Å². The normalized spacial score (nSPS) is 10.8. The van der Waals surface area contributed by atoms with Crippen LogP contribution in [0.5, 0.6) is 0 Å². The van der Waals surface area contributed by atoms with Gasteiger partial charge in [0.2, 0.25) is 5.91 Å². The van der Waals surface area contributed by atoms with Gasteiger partial charge in [-0.1, -0.05) is 36.4 Å². The third-order valence-corrected chi connectivity index (χ3v) is 4.22. The standard InChI is InChI=1S/C18H19N3OS/c1-23-12-18(22)19-10-14-6-8-15(9-7-14)11-21-13-20-16-4-2-3-5-17(16)21/h2-9,13H,10-12H2,1H3,(H,19,22). The molecule has 2 aromatic carbocycles. The predicted octanol–water partition coefficient (Wildman–Crippen LogP) is 3.06. The van der Waals surface area contributed by atoms with Crippen molar-refractivity contribution in [2.45, 2.75) is 13.1 Å². The van der Waals surface area contributed by atoms with Crippen molar-refractivity contribution in [3.63, 3.8) is 0 Å². The summed E-state index contributed by atoms with van der Waals surface area (Å²) in [4.78, 5) is 15.9. The van der Waals surface area contributed by atoms with Crippen LogP contribution in [0, 0.1) is 0 Å². The van der Waals surface area contributed by atoms with Crippen LogP contribution in [0.2, 0.25) is 0 Å². The third kappa shape index (κ3) is 3.93. The Labute approximate surface area is 139 Å². The number of para-hydroxylation sites is 2. The summed E-state index contributed by atoms with van der Waals surface area (Å²) in [7, 11) is 0. The van der Waals surface area contributed by atoms with E-state index in [2.05, 4.69) is 45.2 Å². The van der Waals surface area contributed by atoms with Gasteiger partial charge in [-0.3, -0.25) is 4.79 Å². The highest BCUT2D eigenvalue weighted by atomic mass is 32.2. The maximum absolute atomic E-state index is 11.5. The van der Waals surface area contributed by atoms with Crippen molar-refractivity contribution in [1.29, 1.82) is 0 Å². The Kier molecular flexibility index (Phi) is 4.98. The van der Waals surface area contributed by atoms with E-state index >= 15 is 0 Å². The van der Waals surface area contributed by atoms with Gasteiger partial charge in [0.15, 0.2) is 0 Å². The lowest BCUT2D eigenvalue weighted by atomic mass is 10.1. The van der Waals surface area contributed by atoms with Gasteiger partial charge in [-0.15, -0.1) is 0 Å². The Balaban J connectivity index is 1.64. The van der Waals surface area contributed by atoms with E-state index in [1.165, 1.54) is 17.3 Å². The van der Waals surface area contributed by atoms with Crippen molar-refractivity contribution < 1.29 is 4.79 Å². The number of carbonyl (C=O) groups excluding carboxylic acids is 1. The number of fused-ring (bicyclic) bond motifs is 1. The van der Waals surface area contributed by atoms with E-state index in [1.54, 1.807) is 0 Å². The molecule has 0 fully saturated rings. The maximum atomic E-state index is 11.5. The molecule has 0 aliphatic carbocycles. The van der Waals surface area contributed by atoms with Crippen molar-refractivity contribution >= 4 is 28.7 Å². The van der Waals surface area contributed by atoms with Crippen molar-refractivity contribution in [2.75, 3.05) is 12.0 Å². The Morgan fingerprint density at radius 1 is 1.13 bits per heavy atom. The van der Waals surface area contributed by atoms with E-state index in [1.807, 2.05) is 30.8 Å². The topological polar surface area (TPSA) is 46.9 Å². The van der Waals surface area contributed by atoms with Gasteiger partial charge in [0, 0.05) is 13.1 Å². The molecule has 1 N–H and O–H groups in total. The van der Waals surface area contributed by atoms with Gasteiger partial charge in [-0.25, -0.2) is 4.98 Å². The van der Waals surface area contributed by atoms with Crippen LogP contribution in [0.3, 0.4) is 0 Å². The van der Waals surface area contributed by atoms with Crippen LogP contribution >= 0.6 is 11.8 Å². The summed E-state index contributed by atoms with van der Waals surface area (Å²) in [6.45, 7) is 1.37. The minimum atomic E-state index is 0.0754. The molecule has 3 rings (SSSR count). The molecule has 3 aromatic rings. The molecule has 0 radical (unpaired) electrons. The zero-order chi connectivity index (χ0) is 16.1. The van der Waals surface area contributed by atoms with Crippen molar-refractivity contribution in [1.82, 2.24) is 14.9 Å². The zero-order valence-corrected chi connectivity index (χ0v) is 13.8. The number of rotatable bonds is 6. The average molecular weight is 325 g/mol. The maximum Gasteiger partial charge on any atom is 0.230 e. The number of aromatic nitrogens is 2. The van der Waals surface area contributed by atoms with Crippen LogP contribution in [-0.2, 0) is 17.9 Å². The molecule has 1 amide bonds. The van der Waals surface area contributed by atoms with Crippen molar-refractivity contribution in [3.8, 4) is 0 Å². The SMILES string of the molecule is CSCC(=O)NCc1ccc(Cn2cnc3ccccc32)cc1. The molecule has 0 spiro atoms. The minimum Gasteiger partial charge on any atom is -0.351 e. The van der Waals surface area contributed by atoms with Crippen LogP contribution in [-0.4, -0.2) is 27.5 Å². The van der Waals surface area contributed by atoms with Crippen molar-refractivity contribution in [3.05, 3.63) is 66.0 Å². The number of amides is 1. The van der Waals surface area contributed by atoms with Crippen LogP contribution in [0.15, 0.2) is 54.9 Å². The van der Waals surface area contributed by atoms with Gasteiger partial charge in [0.25, 0.3) is 0 Å². The Morgan fingerprint density at radius 3 is 2.65 bits per heavy atom. The second kappa shape index (κ2) is 7.33. The summed E-state index contributed by atoms with van der Waals surface area (Å²) in [5.41, 5.74) is 4.48. The molecule has 0 bridgehead atoms. The molecule has 0 saturated heterocycles. The summed E-state index contributed by atoms with van der Waals surface area (Å²) in [5.74, 6) is 0.581. The first-order chi connectivity index (χ1) is 11.3. The molecule has 5 heteroatoms. The molecular weight excluding hydrogens is 306 g/mol. The summed E-state index contributed by atoms with van der Waals surface area (Å²) in [6.07, 6.45) is 3.80. The van der Waals surface area contributed by atoms with Crippen LogP contribution in [0.25, 0.3) is 11.0 Å². The van der Waals surface area contributed by atoms with Crippen molar-refractivity contribution in [2.24, 2.45) is 0 Å². The fraction of sp³-hybridized carbons (Fsp3) is 0.222. The largest absolute Gasteiger partial charge is 0.351 e. The van der Waals surface area contributed by atoms with Crippen LogP contribution in [0.1, 0.15) is 11.1 Å². The molecule has 0 unspecified atom stereocenters. The Hall–Kier alpha value is -2.27. The van der Waals surface area contributed by atoms with Crippen LogP contribution < -0.4 is 5.32 Å². The molecule has 0 aliphatic rings. The average Bonchev–Trinajstić information content (AvgIpc) is 2.98. The highest BCUT2D eigenvalue weighted by Gasteiger charge is 2.03. The zero-order valence-electron chi connectivity index (χ0n) is 13.0. The van der Waals surface area contributed by atoms with E-state index in [4.69, 9.17) is 0 Å². The number of imidazole rings is 1. The minimum absolute atomic E-state index is 0.0754. The number of nitrogens with one attached hydrogen (secondary N) is 1. The van der Waals surface area contributed by atoms with E-state index in [0.717, 1.165) is 23.1 Å². The molecule has 1 heterocycles. The van der Waals surface area contributed by atoms with E-state index in [9.17, 15) is 4.79 Å². The van der Waals surface area contributed by atoms with E-state index < -0.39 is 0 Å². The molecule has 0 saturated carbocycles. The second-order valence-electron chi connectivity index (χ2n) is 5.39. The van der Waals surface area contributed by atoms with Gasteiger partial charge in [-0.2, -0.15) is 11.8 Å². The predicted molar refractivity (Wildman–Crippen MR) is 95.5 cm³/mol. The highest BCUT2D eigenvalue weighted by molar-refractivity contribution is 7.99. The molecule has 1 aromatic heterocycles. The smallest absolute Gasteiger partial charge is 0.230 e. The number of benzene rings is 2. The Morgan fingerprint density at radius 2 is 1.87 bits per heavy atom. The van der Waals surface area contributed by atoms with Gasteiger partial charge < -0.3 is 9.88 Å². The van der Waals surface area contributed by atoms with Crippen LogP contribution in [0.4, 0.5) is 0 Å². The quantitative estimate of drug-likeness (QED) is 0.758. The number of hydrogen-bond acceptors (Lipinski definition) is 3. The summed E-state index contributed by atoms with van der Waals surface area (Å²) in [5, 5.41) is 2.91. The first kappa shape index (κ1) is 15.6. The fourth-order valence-electron chi connectivity index (χ4n) is 2.48. The number of thioether (sulfide) groups is 1. The Bertz CT molecular complexity index is 795. The molecule has 4 nitrogen and oxygen atoms in total. The lowest BCUT2D eigenvalue weighted by Crippen LogP contribution is -2.24. The first-order valence-electron chi connectivity index (χ1n) is 7.49. The lowest BCUT2D eigenvalue weighted by molar-refractivity contribution is -0.118. The summed E-state index contributed by atoms with van der Waals surface area (Å²) >= 11 is 1.53. The van der Waals surface area contributed by atoms with Gasteiger partial charge in [-0.05, 0) is 29.5 Å². The number of hydrogen-bond donors (Lipinski definition) is 1. The highest BCUT2D eigenvalue weighted by Crippen LogP contribution is 2.14. The molecule has 118 valence electrons. The molecule has 0 aliphatic heterocycles. The summed E-state index contributed by atoms with van der Waals surface area (Å²) < 4.78 is 2.14. The monoisotopic (exact) mass is 325 g/mol. The number of nitrogens with zero attached hydrogens (tertiary/aromatic N) is 2. The lowest BCUT2D eigenvalue weighted by Gasteiger charge is -2.07. The fourth-order valence-corrected chi connectivity index (χ4v) is 2.84. The summed E-state index contributed by atoms with van der Waals surface area (Å²) in [6, 6.07) is 16.5. The second-order valence-corrected chi connectivity index (χ2v) is 6.25. The molecule has 0 atom stereocenters. The number of carbonyl (C=O) groups is 1. The first-order valence-corrected chi connectivity index (χ1v) is 8.89. The van der Waals surface area contributed by atoms with Gasteiger partial charge in [0.1, 0.15) is 0 Å². The molecular formula is C18H19N3OS. The molecule has 23 heavy (non-hydrogen) atoms. The van der Waals surface area contributed by atoms with E-state index in [0.29, 0.717) is 12.3 Å².